The highest BCUT2D eigenvalue weighted by Crippen LogP contribution is 2.30. The summed E-state index contributed by atoms with van der Waals surface area (Å²) in [5, 5.41) is 4.30. The quantitative estimate of drug-likeness (QED) is 0.863. The summed E-state index contributed by atoms with van der Waals surface area (Å²) in [6.07, 6.45) is 11.5. The molecule has 3 nitrogen and oxygen atoms in total. The van der Waals surface area contributed by atoms with Crippen molar-refractivity contribution in [3.8, 4) is 0 Å². The lowest BCUT2D eigenvalue weighted by Crippen LogP contribution is -2.46. The molecule has 2 rings (SSSR count). The van der Waals surface area contributed by atoms with Gasteiger partial charge in [-0.3, -0.25) is 0 Å². The minimum absolute atomic E-state index is 0.143. The molecule has 0 aromatic rings. The Morgan fingerprint density at radius 2 is 1.72 bits per heavy atom. The Kier molecular flexibility index (Phi) is 5.00. The molecule has 2 fully saturated rings. The van der Waals surface area contributed by atoms with Crippen molar-refractivity contribution < 1.29 is 8.42 Å². The second-order valence-electron chi connectivity index (χ2n) is 5.78. The highest BCUT2D eigenvalue weighted by molar-refractivity contribution is 7.99. The Hall–Kier alpha value is 0.260. The van der Waals surface area contributed by atoms with Gasteiger partial charge < -0.3 is 5.32 Å². The van der Waals surface area contributed by atoms with Crippen LogP contribution in [0.4, 0.5) is 0 Å². The molecule has 5 heteroatoms. The smallest absolute Gasteiger partial charge is 0.151 e. The molecule has 2 saturated carbocycles. The Morgan fingerprint density at radius 1 is 1.06 bits per heavy atom. The van der Waals surface area contributed by atoms with E-state index in [0.29, 0.717) is 6.04 Å². The van der Waals surface area contributed by atoms with Gasteiger partial charge in [-0.05, 0) is 44.8 Å². The fourth-order valence-electron chi connectivity index (χ4n) is 3.40. The third kappa shape index (κ3) is 3.64. The first-order valence-corrected chi connectivity index (χ1v) is 10.2. The number of nitrogens with one attached hydrogen (secondary N) is 1. The maximum Gasteiger partial charge on any atom is 0.151 e. The monoisotopic (exact) mass is 291 g/mol. The van der Waals surface area contributed by atoms with Crippen LogP contribution in [0.15, 0.2) is 0 Å². The van der Waals surface area contributed by atoms with E-state index >= 15 is 0 Å². The van der Waals surface area contributed by atoms with Crippen LogP contribution in [0.5, 0.6) is 0 Å². The first-order chi connectivity index (χ1) is 8.50. The fourth-order valence-corrected chi connectivity index (χ4v) is 5.55. The van der Waals surface area contributed by atoms with Crippen molar-refractivity contribution in [2.75, 3.05) is 12.5 Å². The number of sulfone groups is 1. The van der Waals surface area contributed by atoms with Gasteiger partial charge >= 0.3 is 0 Å². The van der Waals surface area contributed by atoms with Crippen LogP contribution in [0.2, 0.25) is 0 Å². The number of thioether (sulfide) groups is 1. The molecule has 0 bridgehead atoms. The molecular weight excluding hydrogens is 266 g/mol. The number of hydrogen-bond donors (Lipinski definition) is 1. The summed E-state index contributed by atoms with van der Waals surface area (Å²) < 4.78 is 23.5. The second kappa shape index (κ2) is 6.14. The summed E-state index contributed by atoms with van der Waals surface area (Å²) >= 11 is 1.97. The molecule has 2 unspecified atom stereocenters. The van der Waals surface area contributed by atoms with Gasteiger partial charge in [-0.25, -0.2) is 8.42 Å². The van der Waals surface area contributed by atoms with Crippen molar-refractivity contribution in [2.24, 2.45) is 0 Å². The van der Waals surface area contributed by atoms with Crippen molar-refractivity contribution in [1.29, 1.82) is 0 Å². The molecule has 0 heterocycles. The van der Waals surface area contributed by atoms with E-state index < -0.39 is 9.84 Å². The van der Waals surface area contributed by atoms with Crippen LogP contribution in [-0.2, 0) is 9.84 Å². The standard InChI is InChI=1S/C13H25NO2S2/c1-17-11-8-6-10(7-9-11)14-12-4-3-5-13(12)18(2,15)16/h10-14H,3-9H2,1-2H3. The molecule has 0 aromatic heterocycles. The predicted octanol–water partition coefficient (Wildman–Crippen LogP) is 2.22. The molecule has 0 amide bonds. The fraction of sp³-hybridized carbons (Fsp3) is 1.00. The first kappa shape index (κ1) is 14.7. The molecular formula is C13H25NO2S2. The van der Waals surface area contributed by atoms with E-state index in [0.717, 1.165) is 24.5 Å². The van der Waals surface area contributed by atoms with Gasteiger partial charge in [0.05, 0.1) is 5.25 Å². The molecule has 0 saturated heterocycles. The summed E-state index contributed by atoms with van der Waals surface area (Å²) in [6, 6.07) is 0.747. The Morgan fingerprint density at radius 3 is 2.28 bits per heavy atom. The first-order valence-electron chi connectivity index (χ1n) is 6.98. The van der Waals surface area contributed by atoms with Gasteiger partial charge in [-0.15, -0.1) is 0 Å². The summed E-state index contributed by atoms with van der Waals surface area (Å²) in [5.74, 6) is 0. The highest BCUT2D eigenvalue weighted by atomic mass is 32.2. The van der Waals surface area contributed by atoms with Gasteiger partial charge in [0.15, 0.2) is 9.84 Å². The van der Waals surface area contributed by atoms with Crippen molar-refractivity contribution in [3.05, 3.63) is 0 Å². The van der Waals surface area contributed by atoms with Crippen LogP contribution >= 0.6 is 11.8 Å². The molecule has 1 N–H and O–H groups in total. The Bertz CT molecular complexity index is 361. The third-order valence-corrected chi connectivity index (χ3v) is 7.26. The summed E-state index contributed by atoms with van der Waals surface area (Å²) in [4.78, 5) is 0. The van der Waals surface area contributed by atoms with E-state index in [2.05, 4.69) is 11.6 Å². The van der Waals surface area contributed by atoms with Gasteiger partial charge in [0.2, 0.25) is 0 Å². The van der Waals surface area contributed by atoms with Gasteiger partial charge in [0, 0.05) is 23.6 Å². The summed E-state index contributed by atoms with van der Waals surface area (Å²) in [6.45, 7) is 0. The maximum absolute atomic E-state index is 11.7. The van der Waals surface area contributed by atoms with E-state index in [1.165, 1.54) is 31.9 Å². The third-order valence-electron chi connectivity index (χ3n) is 4.46. The molecule has 2 aliphatic carbocycles. The lowest BCUT2D eigenvalue weighted by Gasteiger charge is -2.32. The molecule has 0 aliphatic heterocycles. The van der Waals surface area contributed by atoms with Crippen molar-refractivity contribution in [3.63, 3.8) is 0 Å². The summed E-state index contributed by atoms with van der Waals surface area (Å²) in [7, 11) is -2.88. The lowest BCUT2D eigenvalue weighted by atomic mass is 9.94. The van der Waals surface area contributed by atoms with E-state index in [1.807, 2.05) is 11.8 Å². The van der Waals surface area contributed by atoms with Crippen LogP contribution < -0.4 is 5.32 Å². The van der Waals surface area contributed by atoms with Crippen molar-refractivity contribution in [2.45, 2.75) is 67.5 Å². The topological polar surface area (TPSA) is 46.2 Å². The average molecular weight is 291 g/mol. The average Bonchev–Trinajstić information content (AvgIpc) is 2.78. The minimum atomic E-state index is -2.88. The normalized spacial score (nSPS) is 37.9. The van der Waals surface area contributed by atoms with Crippen LogP contribution in [0.3, 0.4) is 0 Å². The molecule has 0 spiro atoms. The molecule has 0 radical (unpaired) electrons. The van der Waals surface area contributed by atoms with Gasteiger partial charge in [0.1, 0.15) is 0 Å². The largest absolute Gasteiger partial charge is 0.310 e. The minimum Gasteiger partial charge on any atom is -0.310 e. The maximum atomic E-state index is 11.7. The van der Waals surface area contributed by atoms with E-state index in [4.69, 9.17) is 0 Å². The zero-order valence-electron chi connectivity index (χ0n) is 11.4. The SMILES string of the molecule is CSC1CCC(NC2CCCC2S(C)(=O)=O)CC1. The van der Waals surface area contributed by atoms with Crippen molar-refractivity contribution in [1.82, 2.24) is 5.32 Å². The lowest BCUT2D eigenvalue weighted by molar-refractivity contribution is 0.342. The van der Waals surface area contributed by atoms with Crippen LogP contribution in [0.25, 0.3) is 0 Å². The molecule has 0 aromatic carbocycles. The number of rotatable bonds is 4. The van der Waals surface area contributed by atoms with Crippen LogP contribution in [0.1, 0.15) is 44.9 Å². The van der Waals surface area contributed by atoms with Crippen molar-refractivity contribution >= 4 is 21.6 Å². The van der Waals surface area contributed by atoms with Crippen LogP contribution in [0, 0.1) is 0 Å². The predicted molar refractivity (Wildman–Crippen MR) is 79.0 cm³/mol. The van der Waals surface area contributed by atoms with E-state index in [9.17, 15) is 8.42 Å². The molecule has 2 aliphatic rings. The van der Waals surface area contributed by atoms with Gasteiger partial charge in [-0.2, -0.15) is 11.8 Å². The van der Waals surface area contributed by atoms with E-state index in [1.54, 1.807) is 0 Å². The van der Waals surface area contributed by atoms with Crippen LogP contribution in [-0.4, -0.2) is 43.5 Å². The van der Waals surface area contributed by atoms with Gasteiger partial charge in [-0.1, -0.05) is 6.42 Å². The Labute approximate surface area is 115 Å². The molecule has 106 valence electrons. The molecule has 18 heavy (non-hydrogen) atoms. The second-order valence-corrected chi connectivity index (χ2v) is 9.18. The zero-order valence-corrected chi connectivity index (χ0v) is 13.0. The Balaban J connectivity index is 1.86. The van der Waals surface area contributed by atoms with Gasteiger partial charge in [0.25, 0.3) is 0 Å². The number of hydrogen-bond acceptors (Lipinski definition) is 4. The molecule has 2 atom stereocenters. The highest BCUT2D eigenvalue weighted by Gasteiger charge is 2.36. The summed E-state index contributed by atoms with van der Waals surface area (Å²) in [5.41, 5.74) is 0. The van der Waals surface area contributed by atoms with E-state index in [-0.39, 0.29) is 11.3 Å². The zero-order chi connectivity index (χ0) is 13.2.